The molecule has 0 bridgehead atoms. The maximum absolute atomic E-state index is 12.4. The Kier molecular flexibility index (Phi) is 5.84. The molecule has 126 valence electrons. The van der Waals surface area contributed by atoms with E-state index in [2.05, 4.69) is 16.3 Å². The second-order valence-electron chi connectivity index (χ2n) is 6.54. The molecule has 4 nitrogen and oxygen atoms in total. The molecule has 0 unspecified atom stereocenters. The standard InChI is InChI=1S/C18H26N2O2S/c21-15-5-9-20(10-6-15)17-4-2-1-3-16(17)19-18(22)13-14-7-11-23-12-8-14/h1-4,14-15,21H,5-13H2,(H,19,22). The van der Waals surface area contributed by atoms with Gasteiger partial charge in [-0.25, -0.2) is 0 Å². The van der Waals surface area contributed by atoms with Crippen LogP contribution in [0.5, 0.6) is 0 Å². The van der Waals surface area contributed by atoms with E-state index < -0.39 is 0 Å². The minimum atomic E-state index is -0.183. The molecule has 0 aromatic heterocycles. The molecule has 2 fully saturated rings. The SMILES string of the molecule is O=C(CC1CCSCC1)Nc1ccccc1N1CCC(O)CC1. The molecule has 1 aromatic rings. The molecule has 0 saturated carbocycles. The first-order valence-electron chi connectivity index (χ1n) is 8.62. The largest absolute Gasteiger partial charge is 0.393 e. The number of nitrogens with one attached hydrogen (secondary N) is 1. The molecule has 2 saturated heterocycles. The molecule has 23 heavy (non-hydrogen) atoms. The number of hydrogen-bond acceptors (Lipinski definition) is 4. The Labute approximate surface area is 142 Å². The van der Waals surface area contributed by atoms with Gasteiger partial charge in [-0.05, 0) is 55.2 Å². The Morgan fingerprint density at radius 1 is 1.17 bits per heavy atom. The van der Waals surface area contributed by atoms with E-state index in [0.717, 1.165) is 50.1 Å². The van der Waals surface area contributed by atoms with Gasteiger partial charge < -0.3 is 15.3 Å². The molecule has 0 radical (unpaired) electrons. The van der Waals surface area contributed by atoms with Crippen molar-refractivity contribution in [2.45, 2.75) is 38.2 Å². The number of carbonyl (C=O) groups is 1. The number of carbonyl (C=O) groups excluding carboxylic acids is 1. The molecule has 0 atom stereocenters. The normalized spacial score (nSPS) is 20.5. The summed E-state index contributed by atoms with van der Waals surface area (Å²) < 4.78 is 0. The van der Waals surface area contributed by atoms with Gasteiger partial charge in [-0.15, -0.1) is 0 Å². The fraction of sp³-hybridized carbons (Fsp3) is 0.611. The van der Waals surface area contributed by atoms with E-state index in [1.54, 1.807) is 0 Å². The maximum atomic E-state index is 12.4. The van der Waals surface area contributed by atoms with Crippen LogP contribution in [0.2, 0.25) is 0 Å². The highest BCUT2D eigenvalue weighted by atomic mass is 32.2. The lowest BCUT2D eigenvalue weighted by atomic mass is 9.98. The van der Waals surface area contributed by atoms with Crippen LogP contribution in [0.15, 0.2) is 24.3 Å². The van der Waals surface area contributed by atoms with E-state index in [-0.39, 0.29) is 12.0 Å². The summed E-state index contributed by atoms with van der Waals surface area (Å²) in [5, 5.41) is 12.8. The zero-order valence-corrected chi connectivity index (χ0v) is 14.4. The van der Waals surface area contributed by atoms with Gasteiger partial charge in [0.05, 0.1) is 17.5 Å². The van der Waals surface area contributed by atoms with Crippen molar-refractivity contribution in [2.75, 3.05) is 34.8 Å². The predicted octanol–water partition coefficient (Wildman–Crippen LogP) is 3.12. The van der Waals surface area contributed by atoms with Crippen LogP contribution in [0, 0.1) is 5.92 Å². The molecule has 0 spiro atoms. The fourth-order valence-corrected chi connectivity index (χ4v) is 4.58. The van der Waals surface area contributed by atoms with E-state index in [0.29, 0.717) is 12.3 Å². The van der Waals surface area contributed by atoms with Crippen LogP contribution in [0.1, 0.15) is 32.1 Å². The number of para-hydroxylation sites is 2. The van der Waals surface area contributed by atoms with E-state index >= 15 is 0 Å². The first kappa shape index (κ1) is 16.7. The molecule has 2 N–H and O–H groups in total. The first-order valence-corrected chi connectivity index (χ1v) is 9.77. The van der Waals surface area contributed by atoms with Crippen molar-refractivity contribution in [1.82, 2.24) is 0 Å². The van der Waals surface area contributed by atoms with Crippen molar-refractivity contribution in [1.29, 1.82) is 0 Å². The fourth-order valence-electron chi connectivity index (χ4n) is 3.38. The van der Waals surface area contributed by atoms with Crippen molar-refractivity contribution in [2.24, 2.45) is 5.92 Å². The van der Waals surface area contributed by atoms with Crippen LogP contribution in [0.3, 0.4) is 0 Å². The minimum Gasteiger partial charge on any atom is -0.393 e. The van der Waals surface area contributed by atoms with Crippen LogP contribution in [0.25, 0.3) is 0 Å². The van der Waals surface area contributed by atoms with Crippen molar-refractivity contribution in [3.05, 3.63) is 24.3 Å². The van der Waals surface area contributed by atoms with Gasteiger partial charge >= 0.3 is 0 Å². The van der Waals surface area contributed by atoms with Gasteiger partial charge in [-0.1, -0.05) is 12.1 Å². The zero-order valence-electron chi connectivity index (χ0n) is 13.5. The number of anilines is 2. The summed E-state index contributed by atoms with van der Waals surface area (Å²) >= 11 is 1.99. The quantitative estimate of drug-likeness (QED) is 0.888. The van der Waals surface area contributed by atoms with Gasteiger partial charge in [0, 0.05) is 19.5 Å². The van der Waals surface area contributed by atoms with Gasteiger partial charge in [0.15, 0.2) is 0 Å². The highest BCUT2D eigenvalue weighted by molar-refractivity contribution is 7.99. The smallest absolute Gasteiger partial charge is 0.224 e. The van der Waals surface area contributed by atoms with E-state index in [1.807, 2.05) is 30.0 Å². The summed E-state index contributed by atoms with van der Waals surface area (Å²) in [4.78, 5) is 14.7. The topological polar surface area (TPSA) is 52.6 Å². The molecular formula is C18H26N2O2S. The molecule has 2 aliphatic heterocycles. The number of aliphatic hydroxyl groups is 1. The summed E-state index contributed by atoms with van der Waals surface area (Å²) in [6.45, 7) is 1.68. The lowest BCUT2D eigenvalue weighted by Crippen LogP contribution is -2.36. The molecule has 5 heteroatoms. The van der Waals surface area contributed by atoms with Crippen LogP contribution in [-0.4, -0.2) is 41.7 Å². The van der Waals surface area contributed by atoms with Crippen LogP contribution < -0.4 is 10.2 Å². The van der Waals surface area contributed by atoms with Crippen molar-refractivity contribution < 1.29 is 9.90 Å². The van der Waals surface area contributed by atoms with Crippen LogP contribution in [0.4, 0.5) is 11.4 Å². The number of hydrogen-bond donors (Lipinski definition) is 2. The third kappa shape index (κ3) is 4.64. The average molecular weight is 334 g/mol. The average Bonchev–Trinajstić information content (AvgIpc) is 2.57. The highest BCUT2D eigenvalue weighted by Gasteiger charge is 2.21. The number of thioether (sulfide) groups is 1. The van der Waals surface area contributed by atoms with E-state index in [9.17, 15) is 9.90 Å². The summed E-state index contributed by atoms with van der Waals surface area (Å²) in [6, 6.07) is 8.02. The Balaban J connectivity index is 1.62. The molecule has 1 amide bonds. The zero-order chi connectivity index (χ0) is 16.1. The third-order valence-corrected chi connectivity index (χ3v) is 5.85. The number of piperidine rings is 1. The van der Waals surface area contributed by atoms with Crippen LogP contribution in [-0.2, 0) is 4.79 Å². The maximum Gasteiger partial charge on any atom is 0.224 e. The summed E-state index contributed by atoms with van der Waals surface area (Å²) in [5.74, 6) is 3.04. The van der Waals surface area contributed by atoms with Gasteiger partial charge in [0.1, 0.15) is 0 Å². The number of nitrogens with zero attached hydrogens (tertiary/aromatic N) is 1. The molecule has 3 rings (SSSR count). The summed E-state index contributed by atoms with van der Waals surface area (Å²) in [7, 11) is 0. The van der Waals surface area contributed by atoms with Crippen molar-refractivity contribution in [3.8, 4) is 0 Å². The van der Waals surface area contributed by atoms with E-state index in [1.165, 1.54) is 11.5 Å². The second-order valence-corrected chi connectivity index (χ2v) is 7.77. The monoisotopic (exact) mass is 334 g/mol. The molecular weight excluding hydrogens is 308 g/mol. The van der Waals surface area contributed by atoms with Crippen LogP contribution >= 0.6 is 11.8 Å². The van der Waals surface area contributed by atoms with Crippen molar-refractivity contribution in [3.63, 3.8) is 0 Å². The molecule has 0 aliphatic carbocycles. The summed E-state index contributed by atoms with van der Waals surface area (Å²) in [5.41, 5.74) is 1.98. The number of amides is 1. The Hall–Kier alpha value is -1.20. The van der Waals surface area contributed by atoms with Crippen molar-refractivity contribution >= 4 is 29.0 Å². The lowest BCUT2D eigenvalue weighted by Gasteiger charge is -2.33. The Morgan fingerprint density at radius 3 is 2.61 bits per heavy atom. The number of aliphatic hydroxyl groups excluding tert-OH is 1. The predicted molar refractivity (Wildman–Crippen MR) is 97.2 cm³/mol. The van der Waals surface area contributed by atoms with Gasteiger partial charge in [-0.3, -0.25) is 4.79 Å². The lowest BCUT2D eigenvalue weighted by molar-refractivity contribution is -0.117. The second kappa shape index (κ2) is 8.06. The first-order chi connectivity index (χ1) is 11.2. The Morgan fingerprint density at radius 2 is 1.87 bits per heavy atom. The third-order valence-electron chi connectivity index (χ3n) is 4.80. The highest BCUT2D eigenvalue weighted by Crippen LogP contribution is 2.30. The number of rotatable bonds is 4. The molecule has 1 aromatic carbocycles. The Bertz CT molecular complexity index is 524. The molecule has 2 aliphatic rings. The summed E-state index contributed by atoms with van der Waals surface area (Å²) in [6.07, 6.45) is 4.35. The van der Waals surface area contributed by atoms with Gasteiger partial charge in [-0.2, -0.15) is 11.8 Å². The van der Waals surface area contributed by atoms with E-state index in [4.69, 9.17) is 0 Å². The molecule has 2 heterocycles. The van der Waals surface area contributed by atoms with Gasteiger partial charge in [0.2, 0.25) is 5.91 Å². The van der Waals surface area contributed by atoms with Gasteiger partial charge in [0.25, 0.3) is 0 Å². The minimum absolute atomic E-state index is 0.131. The number of benzene rings is 1.